The van der Waals surface area contributed by atoms with Gasteiger partial charge in [0.1, 0.15) is 0 Å². The lowest BCUT2D eigenvalue weighted by molar-refractivity contribution is 0.816. The first-order valence-corrected chi connectivity index (χ1v) is 2.61. The van der Waals surface area contributed by atoms with Crippen molar-refractivity contribution in [2.75, 3.05) is 0 Å². The van der Waals surface area contributed by atoms with Crippen LogP contribution < -0.4 is 0 Å². The van der Waals surface area contributed by atoms with Crippen molar-refractivity contribution in [3.8, 4) is 0 Å². The van der Waals surface area contributed by atoms with Crippen LogP contribution in [0.25, 0.3) is 0 Å². The predicted molar refractivity (Wildman–Crippen MR) is 32.6 cm³/mol. The summed E-state index contributed by atoms with van der Waals surface area (Å²) in [5.41, 5.74) is 0. The van der Waals surface area contributed by atoms with E-state index in [0.717, 1.165) is 6.42 Å². The van der Waals surface area contributed by atoms with Crippen LogP contribution in [0.3, 0.4) is 0 Å². The average molecular weight is 108 g/mol. The van der Waals surface area contributed by atoms with Crippen LogP contribution >= 0.6 is 0 Å². The zero-order chi connectivity index (χ0) is 5.82. The molecule has 1 rings (SSSR count). The highest BCUT2D eigenvalue weighted by Gasteiger charge is 2.00. The van der Waals surface area contributed by atoms with Crippen LogP contribution in [-0.2, 0) is 0 Å². The van der Waals surface area contributed by atoms with Gasteiger partial charge in [-0.15, -0.1) is 6.58 Å². The first-order valence-electron chi connectivity index (χ1n) is 2.61. The summed E-state index contributed by atoms with van der Waals surface area (Å²) in [7, 11) is 0. The average Bonchev–Trinajstić information content (AvgIpc) is 2.19. The third-order valence-electron chi connectivity index (χ3n) is 0.998. The Morgan fingerprint density at radius 2 is 2.62 bits per heavy atom. The summed E-state index contributed by atoms with van der Waals surface area (Å²) < 4.78 is 0. The molecule has 8 heavy (non-hydrogen) atoms. The van der Waals surface area contributed by atoms with Gasteiger partial charge in [-0.05, 0) is 12.5 Å². The fraction of sp³-hybridized carbons (Fsp3) is 0.333. The summed E-state index contributed by atoms with van der Waals surface area (Å²) in [5.74, 6) is 0. The van der Waals surface area contributed by atoms with Crippen molar-refractivity contribution in [1.29, 1.82) is 0 Å². The van der Waals surface area contributed by atoms with E-state index in [9.17, 15) is 0 Å². The Morgan fingerprint density at radius 1 is 1.75 bits per heavy atom. The van der Waals surface area contributed by atoms with Crippen LogP contribution in [0.4, 0.5) is 0 Å². The van der Waals surface area contributed by atoms with Crippen LogP contribution in [0, 0.1) is 0 Å². The molecule has 42 valence electrons. The van der Waals surface area contributed by atoms with E-state index >= 15 is 0 Å². The highest BCUT2D eigenvalue weighted by atomic mass is 15.1. The van der Waals surface area contributed by atoms with Gasteiger partial charge in [0.25, 0.3) is 0 Å². The Bertz CT molecular complexity index is 123. The van der Waals surface area contributed by atoms with Gasteiger partial charge in [0, 0.05) is 6.20 Å². The van der Waals surface area contributed by atoms with E-state index in [-0.39, 0.29) is 6.04 Å². The van der Waals surface area contributed by atoms with E-state index in [2.05, 4.69) is 16.8 Å². The normalized spacial score (nSPS) is 24.2. The topological polar surface area (TPSA) is 24.7 Å². The molecule has 0 aromatic carbocycles. The fourth-order valence-electron chi connectivity index (χ4n) is 0.597. The van der Waals surface area contributed by atoms with Crippen LogP contribution in [0.2, 0.25) is 0 Å². The maximum Gasteiger partial charge on any atom is 0.0945 e. The molecular weight excluding hydrogens is 100 g/mol. The summed E-state index contributed by atoms with van der Waals surface area (Å²) in [6.45, 7) is 3.59. The second kappa shape index (κ2) is 2.40. The van der Waals surface area contributed by atoms with E-state index in [1.807, 2.05) is 12.2 Å². The molecule has 2 nitrogen and oxygen atoms in total. The van der Waals surface area contributed by atoms with Crippen LogP contribution in [0.5, 0.6) is 0 Å². The standard InChI is InChI=1S/C6H8N2/c1-2-3-6-4-5-7-8-6/h2,4-6H,1,3H2. The minimum Gasteiger partial charge on any atom is -0.181 e. The molecule has 1 atom stereocenters. The van der Waals surface area contributed by atoms with E-state index in [1.165, 1.54) is 0 Å². The molecule has 0 amide bonds. The van der Waals surface area contributed by atoms with Crippen molar-refractivity contribution >= 4 is 0 Å². The number of nitrogens with zero attached hydrogens (tertiary/aromatic N) is 2. The van der Waals surface area contributed by atoms with E-state index in [4.69, 9.17) is 0 Å². The van der Waals surface area contributed by atoms with Crippen LogP contribution in [-0.4, -0.2) is 6.04 Å². The minimum atomic E-state index is 0.271. The smallest absolute Gasteiger partial charge is 0.0945 e. The maximum atomic E-state index is 3.87. The lowest BCUT2D eigenvalue weighted by Crippen LogP contribution is -1.91. The second-order valence-corrected chi connectivity index (χ2v) is 1.66. The highest BCUT2D eigenvalue weighted by molar-refractivity contribution is 4.98. The summed E-state index contributed by atoms with van der Waals surface area (Å²) in [6.07, 6.45) is 6.43. The number of hydrogen-bond donors (Lipinski definition) is 0. The summed E-state index contributed by atoms with van der Waals surface area (Å²) in [6, 6.07) is 0.271. The molecule has 0 saturated carbocycles. The van der Waals surface area contributed by atoms with Gasteiger partial charge in [-0.1, -0.05) is 6.08 Å². The first-order chi connectivity index (χ1) is 3.93. The third-order valence-corrected chi connectivity index (χ3v) is 0.998. The van der Waals surface area contributed by atoms with Gasteiger partial charge in [0.2, 0.25) is 0 Å². The fourth-order valence-corrected chi connectivity index (χ4v) is 0.597. The highest BCUT2D eigenvalue weighted by Crippen LogP contribution is 2.07. The van der Waals surface area contributed by atoms with E-state index in [1.54, 1.807) is 6.20 Å². The Hall–Kier alpha value is -0.920. The third kappa shape index (κ3) is 1.03. The van der Waals surface area contributed by atoms with Gasteiger partial charge in [0.05, 0.1) is 6.04 Å². The molecule has 0 aliphatic carbocycles. The summed E-state index contributed by atoms with van der Waals surface area (Å²) in [5, 5.41) is 7.55. The molecule has 0 radical (unpaired) electrons. The van der Waals surface area contributed by atoms with Crippen molar-refractivity contribution in [2.45, 2.75) is 12.5 Å². The SMILES string of the molecule is C=CCC1C=CN=N1. The van der Waals surface area contributed by atoms with E-state index < -0.39 is 0 Å². The monoisotopic (exact) mass is 108 g/mol. The number of hydrogen-bond acceptors (Lipinski definition) is 2. The zero-order valence-corrected chi connectivity index (χ0v) is 4.62. The quantitative estimate of drug-likeness (QED) is 0.483. The Morgan fingerprint density at radius 3 is 3.12 bits per heavy atom. The zero-order valence-electron chi connectivity index (χ0n) is 4.62. The van der Waals surface area contributed by atoms with Gasteiger partial charge in [0.15, 0.2) is 0 Å². The molecule has 0 N–H and O–H groups in total. The molecular formula is C6H8N2. The molecule has 1 aliphatic heterocycles. The van der Waals surface area contributed by atoms with Gasteiger partial charge >= 0.3 is 0 Å². The molecule has 1 aliphatic rings. The molecule has 0 bridgehead atoms. The molecule has 0 fully saturated rings. The predicted octanol–water partition coefficient (Wildman–Crippen LogP) is 1.91. The molecule has 0 aromatic rings. The molecule has 2 heteroatoms. The Balaban J connectivity index is 2.37. The van der Waals surface area contributed by atoms with E-state index in [0.29, 0.717) is 0 Å². The van der Waals surface area contributed by atoms with Crippen molar-refractivity contribution in [3.05, 3.63) is 24.9 Å². The van der Waals surface area contributed by atoms with Crippen molar-refractivity contribution < 1.29 is 0 Å². The molecule has 1 unspecified atom stereocenters. The Labute approximate surface area is 48.6 Å². The van der Waals surface area contributed by atoms with Crippen LogP contribution in [0.15, 0.2) is 35.2 Å². The lowest BCUT2D eigenvalue weighted by Gasteiger charge is -1.92. The molecule has 0 saturated heterocycles. The summed E-state index contributed by atoms with van der Waals surface area (Å²) >= 11 is 0. The first kappa shape index (κ1) is 5.22. The van der Waals surface area contributed by atoms with Crippen molar-refractivity contribution in [2.24, 2.45) is 10.2 Å². The van der Waals surface area contributed by atoms with Gasteiger partial charge < -0.3 is 0 Å². The van der Waals surface area contributed by atoms with Crippen LogP contribution in [0.1, 0.15) is 6.42 Å². The van der Waals surface area contributed by atoms with Crippen molar-refractivity contribution in [1.82, 2.24) is 0 Å². The second-order valence-electron chi connectivity index (χ2n) is 1.66. The number of azo groups is 1. The summed E-state index contributed by atoms with van der Waals surface area (Å²) in [4.78, 5) is 0. The largest absolute Gasteiger partial charge is 0.181 e. The molecule has 0 spiro atoms. The number of rotatable bonds is 2. The lowest BCUT2D eigenvalue weighted by atomic mass is 10.2. The maximum absolute atomic E-state index is 3.87. The van der Waals surface area contributed by atoms with Gasteiger partial charge in [-0.25, -0.2) is 0 Å². The van der Waals surface area contributed by atoms with Crippen molar-refractivity contribution in [3.63, 3.8) is 0 Å². The molecule has 0 aromatic heterocycles. The Kier molecular flexibility index (Phi) is 1.57. The van der Waals surface area contributed by atoms with Gasteiger partial charge in [-0.3, -0.25) is 0 Å². The minimum absolute atomic E-state index is 0.271. The molecule has 1 heterocycles. The van der Waals surface area contributed by atoms with Gasteiger partial charge in [-0.2, -0.15) is 10.2 Å².